The van der Waals surface area contributed by atoms with Crippen molar-refractivity contribution in [1.82, 2.24) is 0 Å². The fraction of sp³-hybridized carbons (Fsp3) is 0.947. The van der Waals surface area contributed by atoms with Gasteiger partial charge in [-0.15, -0.1) is 0 Å². The van der Waals surface area contributed by atoms with Gasteiger partial charge in [0.25, 0.3) is 0 Å². The first-order chi connectivity index (χ1) is 45.4. The highest BCUT2D eigenvalue weighted by atomic mass is 31.2. The van der Waals surface area contributed by atoms with Crippen LogP contribution >= 0.6 is 15.6 Å². The van der Waals surface area contributed by atoms with Crippen LogP contribution in [0.5, 0.6) is 0 Å². The number of hydrogen-bond acceptors (Lipinski definition) is 15. The van der Waals surface area contributed by atoms with Crippen LogP contribution in [0.15, 0.2) is 0 Å². The Morgan fingerprint density at radius 1 is 0.298 bits per heavy atom. The quantitative estimate of drug-likeness (QED) is 0.0222. The van der Waals surface area contributed by atoms with E-state index in [9.17, 15) is 43.2 Å². The van der Waals surface area contributed by atoms with E-state index in [0.29, 0.717) is 25.7 Å². The fourth-order valence-corrected chi connectivity index (χ4v) is 13.0. The van der Waals surface area contributed by atoms with E-state index in [2.05, 4.69) is 41.5 Å². The zero-order valence-electron chi connectivity index (χ0n) is 61.3. The number of phosphoric acid groups is 2. The summed E-state index contributed by atoms with van der Waals surface area (Å²) >= 11 is 0. The first-order valence-electron chi connectivity index (χ1n) is 39.1. The highest BCUT2D eigenvalue weighted by Gasteiger charge is 2.30. The van der Waals surface area contributed by atoms with Crippen LogP contribution in [-0.2, 0) is 65.4 Å². The van der Waals surface area contributed by atoms with Gasteiger partial charge in [-0.05, 0) is 37.5 Å². The van der Waals surface area contributed by atoms with Crippen LogP contribution < -0.4 is 0 Å². The first-order valence-corrected chi connectivity index (χ1v) is 42.1. The van der Waals surface area contributed by atoms with Crippen molar-refractivity contribution < 1.29 is 80.2 Å². The minimum absolute atomic E-state index is 0.106. The molecule has 0 radical (unpaired) electrons. The Kier molecular flexibility index (Phi) is 65.5. The molecule has 0 spiro atoms. The SMILES string of the molecule is CCCCCCCCCCCCCCCCCC(=O)OC[C@H](COP(=O)(O)OC[C@@H](O)COP(=O)(O)OC[C@@H](COC(=O)CCCCCCCCC)OC(=O)CCCCCCCCCCCCC(C)CC)OC(=O)CCCCCCCCCCCCCCCCC(C)CC. The summed E-state index contributed by atoms with van der Waals surface area (Å²) in [4.78, 5) is 72.7. The summed E-state index contributed by atoms with van der Waals surface area (Å²) in [5.41, 5.74) is 0. The molecule has 19 heteroatoms. The second-order valence-corrected chi connectivity index (χ2v) is 30.4. The Labute approximate surface area is 575 Å². The summed E-state index contributed by atoms with van der Waals surface area (Å²) in [5, 5.41) is 10.6. The summed E-state index contributed by atoms with van der Waals surface area (Å²) in [6.45, 7) is 9.63. The highest BCUT2D eigenvalue weighted by molar-refractivity contribution is 7.47. The maximum absolute atomic E-state index is 13.1. The number of aliphatic hydroxyl groups is 1. The van der Waals surface area contributed by atoms with Gasteiger partial charge in [-0.1, -0.05) is 337 Å². The average molecular weight is 1380 g/mol. The molecule has 3 N–H and O–H groups in total. The highest BCUT2D eigenvalue weighted by Crippen LogP contribution is 2.45. The van der Waals surface area contributed by atoms with Gasteiger partial charge in [-0.2, -0.15) is 0 Å². The van der Waals surface area contributed by atoms with Crippen LogP contribution in [0.2, 0.25) is 0 Å². The van der Waals surface area contributed by atoms with E-state index < -0.39 is 97.5 Å². The van der Waals surface area contributed by atoms with E-state index >= 15 is 0 Å². The first kappa shape index (κ1) is 92.1. The monoisotopic (exact) mass is 1380 g/mol. The lowest BCUT2D eigenvalue weighted by atomic mass is 9.99. The van der Waals surface area contributed by atoms with Crippen molar-refractivity contribution in [1.29, 1.82) is 0 Å². The molecule has 0 saturated heterocycles. The van der Waals surface area contributed by atoms with E-state index in [1.165, 1.54) is 193 Å². The molecule has 0 rings (SSSR count). The molecule has 0 fully saturated rings. The predicted octanol–water partition coefficient (Wildman–Crippen LogP) is 21.9. The number of carbonyl (C=O) groups is 4. The molecule has 558 valence electrons. The van der Waals surface area contributed by atoms with E-state index in [1.54, 1.807) is 0 Å². The van der Waals surface area contributed by atoms with Gasteiger partial charge in [0.15, 0.2) is 12.2 Å². The standard InChI is InChI=1S/C75H146O17P2/c1-7-11-13-15-17-18-19-20-21-25-28-34-40-46-52-58-73(78)86-64-71(92-74(79)59-53-47-41-35-29-26-23-22-24-27-32-38-43-49-55-67(5)9-3)66-90-94(83,84)88-62-69(76)61-87-93(81,82)89-65-70(63-85-72(77)57-51-45-37-16-14-12-8-2)91-75(80)60-54-48-42-36-31-30-33-39-44-50-56-68(6)10-4/h67-71,76H,7-66H2,1-6H3,(H,81,82)(H,83,84)/t67?,68?,69-,70+,71+/m0/s1. The van der Waals surface area contributed by atoms with Gasteiger partial charge in [0, 0.05) is 25.7 Å². The average Bonchev–Trinajstić information content (AvgIpc) is 1.40. The number of ether oxygens (including phenoxy) is 4. The largest absolute Gasteiger partial charge is 0.472 e. The van der Waals surface area contributed by atoms with Crippen molar-refractivity contribution in [2.24, 2.45) is 11.8 Å². The molecular formula is C75H146O17P2. The Hall–Kier alpha value is -1.94. The zero-order valence-corrected chi connectivity index (χ0v) is 63.1. The molecule has 0 heterocycles. The number of unbranched alkanes of at least 4 members (excludes halogenated alkanes) is 42. The lowest BCUT2D eigenvalue weighted by molar-refractivity contribution is -0.161. The van der Waals surface area contributed by atoms with Crippen molar-refractivity contribution >= 4 is 39.5 Å². The molecule has 4 unspecified atom stereocenters. The van der Waals surface area contributed by atoms with E-state index in [-0.39, 0.29) is 25.7 Å². The topological polar surface area (TPSA) is 237 Å². The lowest BCUT2D eigenvalue weighted by Gasteiger charge is -2.21. The Balaban J connectivity index is 5.21. The molecule has 0 saturated carbocycles. The molecule has 0 aromatic carbocycles. The molecule has 0 aliphatic carbocycles. The lowest BCUT2D eigenvalue weighted by Crippen LogP contribution is -2.30. The van der Waals surface area contributed by atoms with E-state index in [4.69, 9.17) is 37.0 Å². The molecular weight excluding hydrogens is 1230 g/mol. The Morgan fingerprint density at radius 3 is 0.755 bits per heavy atom. The van der Waals surface area contributed by atoms with Gasteiger partial charge in [0.2, 0.25) is 0 Å². The summed E-state index contributed by atoms with van der Waals surface area (Å²) in [6, 6.07) is 0. The molecule has 0 aromatic heterocycles. The molecule has 0 aromatic rings. The Morgan fingerprint density at radius 2 is 0.511 bits per heavy atom. The summed E-state index contributed by atoms with van der Waals surface area (Å²) < 4.78 is 68.4. The molecule has 0 amide bonds. The van der Waals surface area contributed by atoms with Crippen molar-refractivity contribution in [3.05, 3.63) is 0 Å². The van der Waals surface area contributed by atoms with Gasteiger partial charge in [0.05, 0.1) is 26.4 Å². The van der Waals surface area contributed by atoms with E-state index in [0.717, 1.165) is 115 Å². The minimum atomic E-state index is -4.96. The molecule has 17 nitrogen and oxygen atoms in total. The predicted molar refractivity (Wildman–Crippen MR) is 381 cm³/mol. The van der Waals surface area contributed by atoms with Gasteiger partial charge in [-0.25, -0.2) is 9.13 Å². The number of aliphatic hydroxyl groups excluding tert-OH is 1. The third-order valence-electron chi connectivity index (χ3n) is 18.2. The van der Waals surface area contributed by atoms with Crippen LogP contribution in [-0.4, -0.2) is 96.7 Å². The van der Waals surface area contributed by atoms with Crippen molar-refractivity contribution in [2.75, 3.05) is 39.6 Å². The van der Waals surface area contributed by atoms with Crippen molar-refractivity contribution in [3.63, 3.8) is 0 Å². The van der Waals surface area contributed by atoms with E-state index in [1.807, 2.05) is 0 Å². The third-order valence-corrected chi connectivity index (χ3v) is 20.1. The van der Waals surface area contributed by atoms with Crippen molar-refractivity contribution in [3.8, 4) is 0 Å². The number of esters is 4. The van der Waals surface area contributed by atoms with Crippen LogP contribution in [0.1, 0.15) is 388 Å². The molecule has 0 aliphatic rings. The zero-order chi connectivity index (χ0) is 69.3. The number of rotatable bonds is 74. The normalized spacial score (nSPS) is 14.6. The minimum Gasteiger partial charge on any atom is -0.462 e. The summed E-state index contributed by atoms with van der Waals surface area (Å²) in [6.07, 6.45) is 54.0. The van der Waals surface area contributed by atoms with Crippen LogP contribution in [0, 0.1) is 11.8 Å². The van der Waals surface area contributed by atoms with Crippen LogP contribution in [0.3, 0.4) is 0 Å². The van der Waals surface area contributed by atoms with Gasteiger partial charge < -0.3 is 33.8 Å². The second kappa shape index (κ2) is 66.9. The maximum Gasteiger partial charge on any atom is 0.472 e. The smallest absolute Gasteiger partial charge is 0.462 e. The molecule has 7 atom stereocenters. The van der Waals surface area contributed by atoms with Crippen LogP contribution in [0.25, 0.3) is 0 Å². The Bertz CT molecular complexity index is 1820. The molecule has 0 bridgehead atoms. The van der Waals surface area contributed by atoms with Gasteiger partial charge >= 0.3 is 39.5 Å². The van der Waals surface area contributed by atoms with Crippen LogP contribution in [0.4, 0.5) is 0 Å². The second-order valence-electron chi connectivity index (χ2n) is 27.5. The summed E-state index contributed by atoms with van der Waals surface area (Å²) in [5.74, 6) is -0.471. The molecule has 94 heavy (non-hydrogen) atoms. The number of hydrogen-bond donors (Lipinski definition) is 3. The van der Waals surface area contributed by atoms with Gasteiger partial charge in [-0.3, -0.25) is 37.3 Å². The number of carbonyl (C=O) groups excluding carboxylic acids is 4. The number of phosphoric ester groups is 2. The summed E-state index contributed by atoms with van der Waals surface area (Å²) in [7, 11) is -9.90. The van der Waals surface area contributed by atoms with Crippen molar-refractivity contribution in [2.45, 2.75) is 407 Å². The third kappa shape index (κ3) is 66.0. The maximum atomic E-state index is 13.1. The fourth-order valence-electron chi connectivity index (χ4n) is 11.4. The van der Waals surface area contributed by atoms with Gasteiger partial charge in [0.1, 0.15) is 19.3 Å². The molecule has 0 aliphatic heterocycles.